The van der Waals surface area contributed by atoms with Crippen LogP contribution in [0.15, 0.2) is 51.6 Å². The summed E-state index contributed by atoms with van der Waals surface area (Å²) in [7, 11) is 0. The fraction of sp³-hybridized carbons (Fsp3) is 0.391. The molecule has 1 saturated carbocycles. The quantitative estimate of drug-likeness (QED) is 0.503. The Kier molecular flexibility index (Phi) is 5.88. The number of benzene rings is 1. The highest BCUT2D eigenvalue weighted by Gasteiger charge is 2.35. The molecule has 4 rings (SSSR count). The Morgan fingerprint density at radius 3 is 2.47 bits per heavy atom. The van der Waals surface area contributed by atoms with E-state index in [1.807, 2.05) is 30.9 Å². The molecule has 0 spiro atoms. The van der Waals surface area contributed by atoms with Gasteiger partial charge in [0.1, 0.15) is 17.3 Å². The fourth-order valence-electron chi connectivity index (χ4n) is 3.62. The maximum absolute atomic E-state index is 13.5. The molecule has 0 N–H and O–H groups in total. The summed E-state index contributed by atoms with van der Waals surface area (Å²) in [4.78, 5) is 16.9. The highest BCUT2D eigenvalue weighted by atomic mass is 19.1. The van der Waals surface area contributed by atoms with Gasteiger partial charge in [0.05, 0.1) is 24.9 Å². The minimum atomic E-state index is -0.309. The molecule has 158 valence electrons. The van der Waals surface area contributed by atoms with E-state index in [9.17, 15) is 9.18 Å². The van der Waals surface area contributed by atoms with Gasteiger partial charge in [-0.25, -0.2) is 4.39 Å². The zero-order valence-electron chi connectivity index (χ0n) is 17.3. The third-order valence-corrected chi connectivity index (χ3v) is 5.45. The molecule has 30 heavy (non-hydrogen) atoms. The molecule has 1 aliphatic carbocycles. The summed E-state index contributed by atoms with van der Waals surface area (Å²) in [6.07, 6.45) is 3.45. The molecule has 1 fully saturated rings. The molecule has 7 heteroatoms. The lowest BCUT2D eigenvalue weighted by molar-refractivity contribution is -0.134. The number of rotatable bonds is 9. The zero-order valence-corrected chi connectivity index (χ0v) is 17.3. The van der Waals surface area contributed by atoms with E-state index in [1.165, 1.54) is 12.1 Å². The van der Waals surface area contributed by atoms with Crippen LogP contribution in [0.2, 0.25) is 0 Å². The summed E-state index contributed by atoms with van der Waals surface area (Å²) >= 11 is 0. The Bertz CT molecular complexity index is 974. The number of halogens is 1. The first-order chi connectivity index (χ1) is 14.6. The van der Waals surface area contributed by atoms with E-state index in [4.69, 9.17) is 8.94 Å². The van der Waals surface area contributed by atoms with E-state index in [2.05, 4.69) is 10.1 Å². The Hall–Kier alpha value is -3.09. The van der Waals surface area contributed by atoms with E-state index >= 15 is 0 Å². The Morgan fingerprint density at radius 2 is 1.87 bits per heavy atom. The van der Waals surface area contributed by atoms with Gasteiger partial charge in [-0.1, -0.05) is 5.16 Å². The van der Waals surface area contributed by atoms with Crippen LogP contribution >= 0.6 is 0 Å². The number of carbonyl (C=O) groups excluding carboxylic acids is 1. The molecular weight excluding hydrogens is 385 g/mol. The van der Waals surface area contributed by atoms with Crippen LogP contribution in [0.3, 0.4) is 0 Å². The summed E-state index contributed by atoms with van der Waals surface area (Å²) < 4.78 is 24.7. The van der Waals surface area contributed by atoms with Gasteiger partial charge in [-0.3, -0.25) is 4.79 Å². The lowest BCUT2D eigenvalue weighted by atomic mass is 10.1. The second kappa shape index (κ2) is 8.73. The van der Waals surface area contributed by atoms with E-state index in [1.54, 1.807) is 18.4 Å². The van der Waals surface area contributed by atoms with Crippen LogP contribution in [0.4, 0.5) is 10.3 Å². The van der Waals surface area contributed by atoms with Crippen LogP contribution in [0.5, 0.6) is 0 Å². The molecule has 2 heterocycles. The normalized spacial score (nSPS) is 13.4. The van der Waals surface area contributed by atoms with Crippen LogP contribution in [-0.2, 0) is 17.9 Å². The lowest BCUT2D eigenvalue weighted by Gasteiger charge is -2.24. The Morgan fingerprint density at radius 1 is 1.13 bits per heavy atom. The number of anilines is 1. The number of hydrogen-bond acceptors (Lipinski definition) is 5. The molecule has 0 aliphatic heterocycles. The van der Waals surface area contributed by atoms with Crippen molar-refractivity contribution < 1.29 is 18.1 Å². The summed E-state index contributed by atoms with van der Waals surface area (Å²) in [5.74, 6) is 1.26. The van der Waals surface area contributed by atoms with Gasteiger partial charge in [0, 0.05) is 24.6 Å². The van der Waals surface area contributed by atoms with Crippen molar-refractivity contribution in [1.82, 2.24) is 10.1 Å². The first-order valence-corrected chi connectivity index (χ1v) is 10.4. The predicted octanol–water partition coefficient (Wildman–Crippen LogP) is 4.86. The van der Waals surface area contributed by atoms with Crippen LogP contribution in [0.25, 0.3) is 11.3 Å². The maximum atomic E-state index is 13.5. The van der Waals surface area contributed by atoms with E-state index < -0.39 is 0 Å². The topological polar surface area (TPSA) is 62.7 Å². The van der Waals surface area contributed by atoms with Crippen LogP contribution in [0.1, 0.15) is 38.0 Å². The number of furan rings is 1. The maximum Gasteiger partial charge on any atom is 0.232 e. The van der Waals surface area contributed by atoms with Gasteiger partial charge in [0.2, 0.25) is 11.8 Å². The first-order valence-electron chi connectivity index (χ1n) is 10.4. The van der Waals surface area contributed by atoms with Crippen LogP contribution in [0, 0.1) is 11.7 Å². The van der Waals surface area contributed by atoms with Gasteiger partial charge >= 0.3 is 0 Å². The summed E-state index contributed by atoms with van der Waals surface area (Å²) in [6, 6.07) is 9.86. The molecule has 0 saturated heterocycles. The Labute approximate surface area is 175 Å². The Balaban J connectivity index is 1.72. The largest absolute Gasteiger partial charge is 0.467 e. The number of nitrogens with zero attached hydrogens (tertiary/aromatic N) is 3. The van der Waals surface area contributed by atoms with E-state index in [0.29, 0.717) is 24.7 Å². The van der Waals surface area contributed by atoms with Gasteiger partial charge in [-0.05, 0) is 63.1 Å². The molecule has 3 aromatic rings. The number of hydrogen-bond donors (Lipinski definition) is 0. The summed E-state index contributed by atoms with van der Waals surface area (Å²) in [5.41, 5.74) is 2.21. The van der Waals surface area contributed by atoms with E-state index in [0.717, 1.165) is 42.8 Å². The highest BCUT2D eigenvalue weighted by molar-refractivity contribution is 5.81. The van der Waals surface area contributed by atoms with Crippen molar-refractivity contribution in [2.75, 3.05) is 18.0 Å². The molecular formula is C23H26FN3O3. The van der Waals surface area contributed by atoms with Crippen molar-refractivity contribution >= 4 is 11.8 Å². The molecule has 6 nitrogen and oxygen atoms in total. The molecule has 0 bridgehead atoms. The van der Waals surface area contributed by atoms with Crippen molar-refractivity contribution in [3.63, 3.8) is 0 Å². The molecule has 0 radical (unpaired) electrons. The lowest BCUT2D eigenvalue weighted by Crippen LogP contribution is -2.32. The average Bonchev–Trinajstić information content (AvgIpc) is 3.34. The second-order valence-electron chi connectivity index (χ2n) is 7.54. The SMILES string of the molecule is CCN(CC)c1onc(-c2ccc(F)cc2)c1CN(Cc1ccco1)C(=O)C1CC1. The monoisotopic (exact) mass is 411 g/mol. The van der Waals surface area contributed by atoms with Crippen LogP contribution in [-0.4, -0.2) is 29.1 Å². The third-order valence-electron chi connectivity index (χ3n) is 5.45. The average molecular weight is 411 g/mol. The minimum absolute atomic E-state index is 0.0750. The summed E-state index contributed by atoms with van der Waals surface area (Å²) in [6.45, 7) is 6.31. The smallest absolute Gasteiger partial charge is 0.232 e. The second-order valence-corrected chi connectivity index (χ2v) is 7.54. The highest BCUT2D eigenvalue weighted by Crippen LogP contribution is 2.36. The summed E-state index contributed by atoms with van der Waals surface area (Å²) in [5, 5.41) is 4.30. The number of carbonyl (C=O) groups is 1. The number of aromatic nitrogens is 1. The van der Waals surface area contributed by atoms with Crippen LogP contribution < -0.4 is 4.90 Å². The predicted molar refractivity (Wildman–Crippen MR) is 111 cm³/mol. The van der Waals surface area contributed by atoms with Gasteiger partial charge in [-0.15, -0.1) is 0 Å². The van der Waals surface area contributed by atoms with Gasteiger partial charge in [0.15, 0.2) is 0 Å². The van der Waals surface area contributed by atoms with E-state index in [-0.39, 0.29) is 17.6 Å². The number of amides is 1. The van der Waals surface area contributed by atoms with Gasteiger partial charge in [0.25, 0.3) is 0 Å². The zero-order chi connectivity index (χ0) is 21.1. The third kappa shape index (κ3) is 4.25. The van der Waals surface area contributed by atoms with Gasteiger partial charge < -0.3 is 18.7 Å². The molecule has 0 atom stereocenters. The molecule has 0 unspecified atom stereocenters. The van der Waals surface area contributed by atoms with Crippen molar-refractivity contribution in [1.29, 1.82) is 0 Å². The van der Waals surface area contributed by atoms with Crippen molar-refractivity contribution in [2.45, 2.75) is 39.8 Å². The first kappa shape index (κ1) is 20.2. The molecule has 1 aromatic carbocycles. The molecule has 2 aromatic heterocycles. The van der Waals surface area contributed by atoms with Crippen molar-refractivity contribution in [3.05, 3.63) is 59.8 Å². The van der Waals surface area contributed by atoms with Crippen molar-refractivity contribution in [3.8, 4) is 11.3 Å². The van der Waals surface area contributed by atoms with Gasteiger partial charge in [-0.2, -0.15) is 0 Å². The standard InChI is InChI=1S/C23H26FN3O3/c1-3-26(4-2)23-20(21(25-30-23)16-9-11-18(24)12-10-16)15-27(22(28)17-7-8-17)14-19-6-5-13-29-19/h5-6,9-13,17H,3-4,7-8,14-15H2,1-2H3. The molecule has 1 aliphatic rings. The fourth-order valence-corrected chi connectivity index (χ4v) is 3.62. The molecule has 1 amide bonds. The van der Waals surface area contributed by atoms with Crippen molar-refractivity contribution in [2.24, 2.45) is 5.92 Å². The minimum Gasteiger partial charge on any atom is -0.467 e.